The monoisotopic (exact) mass is 218 g/mol. The molecule has 0 radical (unpaired) electrons. The molecule has 2 nitrogen and oxygen atoms in total. The smallest absolute Gasteiger partial charge is 0.0414 e. The molecule has 2 N–H and O–H groups in total. The molecule has 2 heteroatoms. The van der Waals surface area contributed by atoms with Crippen LogP contribution in [0.4, 0.5) is 5.69 Å². The number of para-hydroxylation sites is 1. The molecule has 88 valence electrons. The van der Waals surface area contributed by atoms with Crippen molar-refractivity contribution in [1.82, 2.24) is 0 Å². The average molecular weight is 218 g/mol. The van der Waals surface area contributed by atoms with E-state index in [9.17, 15) is 0 Å². The summed E-state index contributed by atoms with van der Waals surface area (Å²) in [5, 5.41) is 0. The summed E-state index contributed by atoms with van der Waals surface area (Å²) >= 11 is 0. The summed E-state index contributed by atoms with van der Waals surface area (Å²) in [6, 6.07) is 8.64. The fraction of sp³-hybridized carbons (Fsp3) is 0.571. The lowest BCUT2D eigenvalue weighted by Crippen LogP contribution is -2.22. The lowest BCUT2D eigenvalue weighted by Gasteiger charge is -2.23. The Morgan fingerprint density at radius 2 is 1.75 bits per heavy atom. The van der Waals surface area contributed by atoms with Gasteiger partial charge in [-0.2, -0.15) is 0 Å². The van der Waals surface area contributed by atoms with Crippen LogP contribution in [-0.2, 0) is 0 Å². The zero-order valence-corrected chi connectivity index (χ0v) is 10.5. The first-order valence-corrected chi connectivity index (χ1v) is 6.19. The van der Waals surface area contributed by atoms with Crippen LogP contribution in [0.25, 0.3) is 0 Å². The van der Waals surface area contributed by atoms with Crippen LogP contribution in [0, 0.1) is 11.8 Å². The maximum Gasteiger partial charge on any atom is 0.0414 e. The summed E-state index contributed by atoms with van der Waals surface area (Å²) in [5.41, 5.74) is 8.62. The van der Waals surface area contributed by atoms with E-state index in [1.165, 1.54) is 11.3 Å². The number of benzene rings is 1. The minimum absolute atomic E-state index is 0.113. The highest BCUT2D eigenvalue weighted by Crippen LogP contribution is 2.31. The second-order valence-electron chi connectivity index (χ2n) is 5.21. The molecule has 1 aromatic carbocycles. The predicted molar refractivity (Wildman–Crippen MR) is 69.6 cm³/mol. The van der Waals surface area contributed by atoms with Gasteiger partial charge in [-0.15, -0.1) is 0 Å². The van der Waals surface area contributed by atoms with Crippen LogP contribution >= 0.6 is 0 Å². The number of hydrogen-bond donors (Lipinski definition) is 1. The first kappa shape index (κ1) is 11.5. The van der Waals surface area contributed by atoms with Crippen LogP contribution in [0.2, 0.25) is 0 Å². The van der Waals surface area contributed by atoms with Crippen molar-refractivity contribution in [3.63, 3.8) is 0 Å². The number of nitrogens with two attached hydrogens (primary N) is 1. The average Bonchev–Trinajstić information content (AvgIpc) is 2.59. The standard InChI is InChI=1S/C14H22N2/c1-10-8-16(9-11(10)2)14-7-5-4-6-13(14)12(3)15/h4-7,10-12H,8-9,15H2,1-3H3/t10?,11?,12-/m1/s1. The van der Waals surface area contributed by atoms with Crippen LogP contribution in [0.5, 0.6) is 0 Å². The fourth-order valence-electron chi connectivity index (χ4n) is 2.49. The Morgan fingerprint density at radius 1 is 1.19 bits per heavy atom. The number of rotatable bonds is 2. The van der Waals surface area contributed by atoms with Gasteiger partial charge < -0.3 is 10.6 Å². The molecule has 0 spiro atoms. The highest BCUT2D eigenvalue weighted by molar-refractivity contribution is 5.55. The van der Waals surface area contributed by atoms with Crippen molar-refractivity contribution in [1.29, 1.82) is 0 Å². The molecule has 3 atom stereocenters. The lowest BCUT2D eigenvalue weighted by molar-refractivity contribution is 0.494. The van der Waals surface area contributed by atoms with Gasteiger partial charge in [-0.3, -0.25) is 0 Å². The predicted octanol–water partition coefficient (Wildman–Crippen LogP) is 2.80. The molecule has 1 aliphatic heterocycles. The van der Waals surface area contributed by atoms with Gasteiger partial charge >= 0.3 is 0 Å². The summed E-state index contributed by atoms with van der Waals surface area (Å²) in [4.78, 5) is 2.48. The van der Waals surface area contributed by atoms with Crippen molar-refractivity contribution in [3.05, 3.63) is 29.8 Å². The van der Waals surface area contributed by atoms with Gasteiger partial charge in [0.15, 0.2) is 0 Å². The molecular formula is C14H22N2. The van der Waals surface area contributed by atoms with E-state index in [4.69, 9.17) is 5.73 Å². The molecule has 0 amide bonds. The summed E-state index contributed by atoms with van der Waals surface area (Å²) < 4.78 is 0. The van der Waals surface area contributed by atoms with E-state index in [1.807, 2.05) is 0 Å². The van der Waals surface area contributed by atoms with Gasteiger partial charge in [0.2, 0.25) is 0 Å². The van der Waals surface area contributed by atoms with Crippen LogP contribution in [-0.4, -0.2) is 13.1 Å². The minimum atomic E-state index is 0.113. The molecular weight excluding hydrogens is 196 g/mol. The van der Waals surface area contributed by atoms with Gasteiger partial charge in [0.05, 0.1) is 0 Å². The molecule has 1 fully saturated rings. The van der Waals surface area contributed by atoms with Crippen molar-refractivity contribution >= 4 is 5.69 Å². The van der Waals surface area contributed by atoms with E-state index in [0.717, 1.165) is 24.9 Å². The second-order valence-corrected chi connectivity index (χ2v) is 5.21. The number of nitrogens with zero attached hydrogens (tertiary/aromatic N) is 1. The lowest BCUT2D eigenvalue weighted by atomic mass is 10.0. The molecule has 0 aliphatic carbocycles. The number of hydrogen-bond acceptors (Lipinski definition) is 2. The third kappa shape index (κ3) is 2.07. The van der Waals surface area contributed by atoms with Crippen molar-refractivity contribution in [2.75, 3.05) is 18.0 Å². The molecule has 1 aromatic rings. The normalized spacial score (nSPS) is 27.1. The second kappa shape index (κ2) is 4.46. The van der Waals surface area contributed by atoms with Crippen LogP contribution in [0.3, 0.4) is 0 Å². The highest BCUT2D eigenvalue weighted by Gasteiger charge is 2.27. The Balaban J connectivity index is 2.27. The summed E-state index contributed by atoms with van der Waals surface area (Å²) in [6.45, 7) is 9.04. The van der Waals surface area contributed by atoms with Gasteiger partial charge in [0, 0.05) is 24.8 Å². The van der Waals surface area contributed by atoms with Crippen molar-refractivity contribution in [2.24, 2.45) is 17.6 Å². The Labute approximate surface area is 98.4 Å². The maximum absolute atomic E-state index is 6.02. The molecule has 0 saturated carbocycles. The molecule has 1 heterocycles. The Hall–Kier alpha value is -1.02. The van der Waals surface area contributed by atoms with E-state index in [-0.39, 0.29) is 6.04 Å². The zero-order chi connectivity index (χ0) is 11.7. The zero-order valence-electron chi connectivity index (χ0n) is 10.5. The third-order valence-electron chi connectivity index (χ3n) is 3.76. The summed E-state index contributed by atoms with van der Waals surface area (Å²) in [7, 11) is 0. The molecule has 2 rings (SSSR count). The van der Waals surface area contributed by atoms with Crippen molar-refractivity contribution in [2.45, 2.75) is 26.8 Å². The van der Waals surface area contributed by atoms with E-state index >= 15 is 0 Å². The van der Waals surface area contributed by atoms with E-state index in [2.05, 4.69) is 49.9 Å². The van der Waals surface area contributed by atoms with Crippen LogP contribution in [0.1, 0.15) is 32.4 Å². The topological polar surface area (TPSA) is 29.3 Å². The highest BCUT2D eigenvalue weighted by atomic mass is 15.2. The number of anilines is 1. The molecule has 1 aliphatic rings. The largest absolute Gasteiger partial charge is 0.371 e. The first-order valence-electron chi connectivity index (χ1n) is 6.19. The van der Waals surface area contributed by atoms with E-state index in [1.54, 1.807) is 0 Å². The van der Waals surface area contributed by atoms with Gasteiger partial charge in [-0.25, -0.2) is 0 Å². The molecule has 16 heavy (non-hydrogen) atoms. The van der Waals surface area contributed by atoms with Crippen molar-refractivity contribution in [3.8, 4) is 0 Å². The molecule has 0 aromatic heterocycles. The summed E-state index contributed by atoms with van der Waals surface area (Å²) in [6.07, 6.45) is 0. The molecule has 1 saturated heterocycles. The Morgan fingerprint density at radius 3 is 2.31 bits per heavy atom. The fourth-order valence-corrected chi connectivity index (χ4v) is 2.49. The molecule has 0 bridgehead atoms. The van der Waals surface area contributed by atoms with Crippen LogP contribution in [0.15, 0.2) is 24.3 Å². The third-order valence-corrected chi connectivity index (χ3v) is 3.76. The quantitative estimate of drug-likeness (QED) is 0.827. The van der Waals surface area contributed by atoms with Crippen molar-refractivity contribution < 1.29 is 0 Å². The van der Waals surface area contributed by atoms with Crippen LogP contribution < -0.4 is 10.6 Å². The van der Waals surface area contributed by atoms with Gasteiger partial charge in [-0.05, 0) is 30.4 Å². The van der Waals surface area contributed by atoms with Gasteiger partial charge in [0.1, 0.15) is 0 Å². The Bertz CT molecular complexity index is 350. The van der Waals surface area contributed by atoms with Gasteiger partial charge in [0.25, 0.3) is 0 Å². The molecule has 2 unspecified atom stereocenters. The first-order chi connectivity index (χ1) is 7.59. The van der Waals surface area contributed by atoms with E-state index in [0.29, 0.717) is 0 Å². The minimum Gasteiger partial charge on any atom is -0.371 e. The maximum atomic E-state index is 6.02. The Kier molecular flexibility index (Phi) is 3.20. The summed E-state index contributed by atoms with van der Waals surface area (Å²) in [5.74, 6) is 1.56. The van der Waals surface area contributed by atoms with E-state index < -0.39 is 0 Å². The SMILES string of the molecule is CC1CN(c2ccccc2[C@@H](C)N)CC1C. The van der Waals surface area contributed by atoms with Gasteiger partial charge in [-0.1, -0.05) is 32.0 Å².